The van der Waals surface area contributed by atoms with Gasteiger partial charge in [0.2, 0.25) is 0 Å². The lowest BCUT2D eigenvalue weighted by Gasteiger charge is -2.51. The molecule has 3 saturated heterocycles. The average molecular weight is 569 g/mol. The van der Waals surface area contributed by atoms with Crippen molar-refractivity contribution in [3.05, 3.63) is 0 Å². The highest BCUT2D eigenvalue weighted by Crippen LogP contribution is 2.35. The molecule has 0 radical (unpaired) electrons. The molecule has 0 amide bonds. The van der Waals surface area contributed by atoms with Crippen LogP contribution in [0, 0.1) is 0 Å². The molecule has 0 aromatic heterocycles. The van der Waals surface area contributed by atoms with Crippen molar-refractivity contribution in [2.75, 3.05) is 13.7 Å². The van der Waals surface area contributed by atoms with Crippen molar-refractivity contribution >= 4 is 0 Å². The Morgan fingerprint density at radius 2 is 1.64 bits per heavy atom. The van der Waals surface area contributed by atoms with Crippen LogP contribution >= 0.6 is 0 Å². The maximum atomic E-state index is 14.8. The minimum atomic E-state index is -1.83. The number of halogens is 1. The number of aliphatic hydroxyl groups is 4. The lowest BCUT2D eigenvalue weighted by molar-refractivity contribution is -0.367. The Morgan fingerprint density at radius 1 is 0.923 bits per heavy atom. The highest BCUT2D eigenvalue weighted by Gasteiger charge is 2.53. The Balaban J connectivity index is 1.41. The van der Waals surface area contributed by atoms with E-state index in [-0.39, 0.29) is 32.0 Å². The summed E-state index contributed by atoms with van der Waals surface area (Å²) in [4.78, 5) is 0. The zero-order valence-electron chi connectivity index (χ0n) is 22.2. The molecule has 15 nitrogen and oxygen atoms in total. The average Bonchev–Trinajstić information content (AvgIpc) is 2.87. The number of rotatable bonds is 8. The van der Waals surface area contributed by atoms with Crippen molar-refractivity contribution in [1.82, 2.24) is 10.6 Å². The quantitative estimate of drug-likeness (QED) is 0.123. The molecule has 4 rings (SSSR count). The van der Waals surface area contributed by atoms with Gasteiger partial charge in [-0.2, -0.15) is 0 Å². The number of nitrogens with two attached hydrogens (primary N) is 4. The Morgan fingerprint density at radius 3 is 2.28 bits per heavy atom. The maximum Gasteiger partial charge on any atom is 0.187 e. The highest BCUT2D eigenvalue weighted by atomic mass is 19.1. The van der Waals surface area contributed by atoms with Crippen LogP contribution in [0.1, 0.15) is 26.2 Å². The van der Waals surface area contributed by atoms with Crippen molar-refractivity contribution < 1.29 is 48.5 Å². The highest BCUT2D eigenvalue weighted by molar-refractivity contribution is 5.01. The summed E-state index contributed by atoms with van der Waals surface area (Å²) in [6, 6.07) is -3.59. The number of fused-ring (bicyclic) bond motifs is 1. The van der Waals surface area contributed by atoms with Crippen molar-refractivity contribution in [3.63, 3.8) is 0 Å². The summed E-state index contributed by atoms with van der Waals surface area (Å²) < 4.78 is 44.5. The number of alkyl halides is 1. The van der Waals surface area contributed by atoms with Crippen molar-refractivity contribution in [2.45, 2.75) is 130 Å². The molecular formula is C23H45FN6O9. The molecule has 0 aromatic rings. The molecule has 228 valence electrons. The van der Waals surface area contributed by atoms with Gasteiger partial charge in [-0.05, 0) is 33.2 Å². The molecule has 39 heavy (non-hydrogen) atoms. The molecule has 0 spiro atoms. The van der Waals surface area contributed by atoms with Crippen molar-refractivity contribution in [3.8, 4) is 0 Å². The number of aliphatic hydroxyl groups excluding tert-OH is 4. The summed E-state index contributed by atoms with van der Waals surface area (Å²) >= 11 is 0. The number of hydrogen-bond acceptors (Lipinski definition) is 15. The summed E-state index contributed by atoms with van der Waals surface area (Å²) in [5.41, 5.74) is 23.9. The van der Waals surface area contributed by atoms with Crippen LogP contribution in [0.4, 0.5) is 4.39 Å². The van der Waals surface area contributed by atoms with Crippen LogP contribution in [-0.4, -0.2) is 138 Å². The lowest BCUT2D eigenvalue weighted by Crippen LogP contribution is -2.69. The molecule has 0 aromatic carbocycles. The normalized spacial score (nSPS) is 51.8. The molecule has 17 atom stereocenters. The summed E-state index contributed by atoms with van der Waals surface area (Å²) in [6.07, 6.45) is -12.3. The number of likely N-dealkylation sites (N-methyl/N-ethyl adjacent to an activating group) is 1. The molecule has 3 aliphatic heterocycles. The largest absolute Gasteiger partial charge is 0.394 e. The summed E-state index contributed by atoms with van der Waals surface area (Å²) in [5, 5.41) is 47.7. The van der Waals surface area contributed by atoms with Crippen LogP contribution in [0.15, 0.2) is 0 Å². The lowest BCUT2D eigenvalue weighted by atomic mass is 9.85. The zero-order chi connectivity index (χ0) is 28.6. The van der Waals surface area contributed by atoms with Gasteiger partial charge in [0.25, 0.3) is 0 Å². The third kappa shape index (κ3) is 6.71. The van der Waals surface area contributed by atoms with Gasteiger partial charge in [0, 0.05) is 18.1 Å². The number of ether oxygens (including phenoxy) is 5. The molecule has 0 bridgehead atoms. The molecule has 14 N–H and O–H groups in total. The van der Waals surface area contributed by atoms with Gasteiger partial charge in [-0.3, -0.25) is 5.32 Å². The van der Waals surface area contributed by atoms with Crippen LogP contribution in [0.25, 0.3) is 0 Å². The first kappa shape index (κ1) is 31.3. The van der Waals surface area contributed by atoms with E-state index in [9.17, 15) is 24.8 Å². The summed E-state index contributed by atoms with van der Waals surface area (Å²) in [7, 11) is 1.59. The molecule has 3 heterocycles. The van der Waals surface area contributed by atoms with E-state index in [0.29, 0.717) is 0 Å². The Bertz CT molecular complexity index is 792. The topological polar surface area (TPSA) is 255 Å². The van der Waals surface area contributed by atoms with Crippen molar-refractivity contribution in [1.29, 1.82) is 0 Å². The van der Waals surface area contributed by atoms with Crippen LogP contribution < -0.4 is 33.6 Å². The van der Waals surface area contributed by atoms with Gasteiger partial charge < -0.3 is 72.4 Å². The molecule has 4 aliphatic rings. The van der Waals surface area contributed by atoms with E-state index in [1.807, 2.05) is 0 Å². The van der Waals surface area contributed by atoms with Gasteiger partial charge >= 0.3 is 0 Å². The van der Waals surface area contributed by atoms with Crippen LogP contribution in [0.5, 0.6) is 0 Å². The summed E-state index contributed by atoms with van der Waals surface area (Å²) in [5.74, 6) is 0. The minimum absolute atomic E-state index is 0.154. The molecule has 1 saturated carbocycles. The molecule has 16 heteroatoms. The second-order valence-electron chi connectivity index (χ2n) is 11.0. The van der Waals surface area contributed by atoms with Gasteiger partial charge in [-0.15, -0.1) is 0 Å². The van der Waals surface area contributed by atoms with Gasteiger partial charge in [0.05, 0.1) is 37.1 Å². The Hall–Kier alpha value is -0.670. The first-order valence-electron chi connectivity index (χ1n) is 13.5. The third-order valence-corrected chi connectivity index (χ3v) is 7.98. The van der Waals surface area contributed by atoms with Gasteiger partial charge in [0.1, 0.15) is 30.5 Å². The minimum Gasteiger partial charge on any atom is -0.394 e. The van der Waals surface area contributed by atoms with Gasteiger partial charge in [0.15, 0.2) is 25.0 Å². The second-order valence-corrected chi connectivity index (χ2v) is 11.0. The predicted octanol–water partition coefficient (Wildman–Crippen LogP) is -5.01. The van der Waals surface area contributed by atoms with Crippen LogP contribution in [0.3, 0.4) is 0 Å². The maximum absolute atomic E-state index is 14.8. The fourth-order valence-corrected chi connectivity index (χ4v) is 5.87. The third-order valence-electron chi connectivity index (χ3n) is 7.98. The molecule has 11 unspecified atom stereocenters. The predicted molar refractivity (Wildman–Crippen MR) is 133 cm³/mol. The molecular weight excluding hydrogens is 523 g/mol. The zero-order valence-corrected chi connectivity index (χ0v) is 22.2. The Kier molecular flexibility index (Phi) is 10.5. The molecule has 4 fully saturated rings. The smallest absolute Gasteiger partial charge is 0.187 e. The Labute approximate surface area is 226 Å². The fourth-order valence-electron chi connectivity index (χ4n) is 5.87. The monoisotopic (exact) mass is 568 g/mol. The molecule has 1 aliphatic carbocycles. The van der Waals surface area contributed by atoms with Crippen molar-refractivity contribution in [2.24, 2.45) is 22.9 Å². The summed E-state index contributed by atoms with van der Waals surface area (Å²) in [6.45, 7) is 1.40. The fraction of sp³-hybridized carbons (Fsp3) is 1.00. The first-order valence-corrected chi connectivity index (χ1v) is 13.5. The van der Waals surface area contributed by atoms with Crippen LogP contribution in [0.2, 0.25) is 0 Å². The first-order chi connectivity index (χ1) is 18.4. The van der Waals surface area contributed by atoms with E-state index >= 15 is 0 Å². The number of nitrogens with one attached hydrogen (secondary N) is 2. The van der Waals surface area contributed by atoms with E-state index < -0.39 is 98.0 Å². The second kappa shape index (κ2) is 13.1. The van der Waals surface area contributed by atoms with E-state index in [0.717, 1.165) is 0 Å². The van der Waals surface area contributed by atoms with E-state index in [1.54, 1.807) is 14.0 Å². The van der Waals surface area contributed by atoms with Gasteiger partial charge in [-0.25, -0.2) is 4.39 Å². The van der Waals surface area contributed by atoms with Crippen LogP contribution in [-0.2, 0) is 23.7 Å². The SMILES string of the molecule is CNC1C(O[C@H]2OC(CO)[C@@H](NC(C)N)CC2O)O[C@H]2CC(N)[C@@H](O[C@@H]3C(N)C[C@@H](N)C(O)C3F)OC2C1O. The van der Waals surface area contributed by atoms with E-state index in [1.165, 1.54) is 0 Å². The van der Waals surface area contributed by atoms with E-state index in [2.05, 4.69) is 10.6 Å². The number of hydrogen-bond donors (Lipinski definition) is 10. The standard InChI is InChI=1S/C23H45FN6O9/c1-7(25)30-11-5-12(32)22(36-14(11)6-31)39-23-16(29-2)18(34)20-13(35-23)4-10(28)21(38-20)37-19-9(27)3-8(26)17(33)15(19)24/h7-23,29-34H,3-6,25-28H2,1-2H3/t7?,8-,9?,10?,11+,12?,13+,14?,15?,16?,17?,18?,19-,20?,21+,22-,23?/m1/s1. The van der Waals surface area contributed by atoms with Gasteiger partial charge in [-0.1, -0.05) is 0 Å². The van der Waals surface area contributed by atoms with E-state index in [4.69, 9.17) is 46.6 Å².